The standard InChI is InChI=1S/C46H62N8O10/c1-27(2)37(51-45(57)61-7)43(55)53-19-9-11-35(53)41-47-25-33(49-41)30-15-13-29(14-16-30)31-17-18-32(40(64-24-22-60-6)39(31)63-23-21-59-5)34-26-48-42(50-34)36-12-10-20-54(36)44(56)38(28(3)4)52-46(58)62-8/h13-18,25-28,35-38H,9-12,19-24H2,1-8H3,(H,47,49)(H,48,50)(H,51,57)(H,52,58). The maximum absolute atomic E-state index is 13.8. The van der Waals surface area contributed by atoms with Crippen LogP contribution >= 0.6 is 0 Å². The molecule has 4 N–H and O–H groups in total. The topological polar surface area (TPSA) is 212 Å². The molecule has 4 unspecified atom stereocenters. The number of carbonyl (C=O) groups excluding carboxylic acids is 4. The maximum Gasteiger partial charge on any atom is 0.407 e. The molecule has 0 spiro atoms. The van der Waals surface area contributed by atoms with Gasteiger partial charge in [0, 0.05) is 38.4 Å². The van der Waals surface area contributed by atoms with Crippen LogP contribution in [-0.2, 0) is 28.5 Å². The molecule has 4 amide bonds. The number of alkyl carbamates (subject to hydrolysis) is 2. The van der Waals surface area contributed by atoms with Crippen LogP contribution in [-0.4, -0.2) is 134 Å². The van der Waals surface area contributed by atoms with Gasteiger partial charge >= 0.3 is 12.2 Å². The van der Waals surface area contributed by atoms with Crippen molar-refractivity contribution in [2.75, 3.05) is 68.0 Å². The Hall–Kier alpha value is -6.14. The van der Waals surface area contributed by atoms with Crippen molar-refractivity contribution in [3.05, 3.63) is 60.4 Å². The molecule has 4 aromatic rings. The van der Waals surface area contributed by atoms with E-state index in [0.717, 1.165) is 41.6 Å². The number of imidazole rings is 2. The molecule has 4 heterocycles. The molecule has 18 heteroatoms. The summed E-state index contributed by atoms with van der Waals surface area (Å²) >= 11 is 0. The lowest BCUT2D eigenvalue weighted by atomic mass is 9.98. The second-order valence-corrected chi connectivity index (χ2v) is 16.5. The van der Waals surface area contributed by atoms with E-state index in [4.69, 9.17) is 38.4 Å². The lowest BCUT2D eigenvalue weighted by molar-refractivity contribution is -0.136. The molecule has 2 aliphatic heterocycles. The number of hydrogen-bond donors (Lipinski definition) is 4. The molecule has 2 aliphatic rings. The van der Waals surface area contributed by atoms with Crippen molar-refractivity contribution in [1.82, 2.24) is 40.4 Å². The van der Waals surface area contributed by atoms with Gasteiger partial charge in [-0.05, 0) is 60.8 Å². The number of nitrogens with one attached hydrogen (secondary N) is 4. The van der Waals surface area contributed by atoms with Crippen LogP contribution in [0.5, 0.6) is 11.5 Å². The summed E-state index contributed by atoms with van der Waals surface area (Å²) in [5.74, 6) is 1.64. The summed E-state index contributed by atoms with van der Waals surface area (Å²) in [7, 11) is 5.78. The monoisotopic (exact) mass is 886 g/mol. The Labute approximate surface area is 374 Å². The normalized spacial score (nSPS) is 17.1. The van der Waals surface area contributed by atoms with Crippen LogP contribution in [0.4, 0.5) is 9.59 Å². The number of ether oxygens (including phenoxy) is 6. The molecule has 2 aromatic heterocycles. The third kappa shape index (κ3) is 10.8. The Balaban J connectivity index is 1.28. The number of rotatable bonds is 19. The zero-order valence-corrected chi connectivity index (χ0v) is 38.0. The zero-order chi connectivity index (χ0) is 45.9. The van der Waals surface area contributed by atoms with E-state index in [2.05, 4.69) is 20.6 Å². The van der Waals surface area contributed by atoms with Crippen LogP contribution in [0.25, 0.3) is 33.6 Å². The minimum absolute atomic E-state index is 0.138. The molecule has 2 fully saturated rings. The van der Waals surface area contributed by atoms with Gasteiger partial charge in [-0.1, -0.05) is 52.0 Å². The van der Waals surface area contributed by atoms with E-state index in [-0.39, 0.29) is 48.9 Å². The number of nitrogens with zero attached hydrogens (tertiary/aromatic N) is 4. The van der Waals surface area contributed by atoms with E-state index in [1.165, 1.54) is 14.2 Å². The molecule has 346 valence electrons. The molecule has 0 radical (unpaired) electrons. The highest BCUT2D eigenvalue weighted by molar-refractivity contribution is 5.87. The molecule has 0 bridgehead atoms. The van der Waals surface area contributed by atoms with Crippen molar-refractivity contribution in [2.24, 2.45) is 11.8 Å². The van der Waals surface area contributed by atoms with Gasteiger partial charge in [0.15, 0.2) is 11.5 Å². The Kier molecular flexibility index (Phi) is 16.3. The molecule has 64 heavy (non-hydrogen) atoms. The van der Waals surface area contributed by atoms with Crippen LogP contribution in [0.15, 0.2) is 48.8 Å². The van der Waals surface area contributed by atoms with E-state index in [0.29, 0.717) is 67.1 Å². The number of aromatic amines is 2. The van der Waals surface area contributed by atoms with Gasteiger partial charge in [0.25, 0.3) is 0 Å². The second kappa shape index (κ2) is 22.0. The minimum atomic E-state index is -0.754. The number of benzene rings is 2. The van der Waals surface area contributed by atoms with Gasteiger partial charge in [0.1, 0.15) is 36.9 Å². The number of carbonyl (C=O) groups is 4. The van der Waals surface area contributed by atoms with E-state index >= 15 is 0 Å². The Morgan fingerprint density at radius 1 is 0.625 bits per heavy atom. The molecule has 2 aromatic carbocycles. The predicted molar refractivity (Wildman–Crippen MR) is 237 cm³/mol. The van der Waals surface area contributed by atoms with Crippen LogP contribution in [0.1, 0.15) is 77.1 Å². The van der Waals surface area contributed by atoms with Gasteiger partial charge in [-0.3, -0.25) is 9.59 Å². The van der Waals surface area contributed by atoms with Gasteiger partial charge in [0.2, 0.25) is 11.8 Å². The van der Waals surface area contributed by atoms with Crippen molar-refractivity contribution < 1.29 is 47.6 Å². The third-order valence-electron chi connectivity index (χ3n) is 11.7. The average molecular weight is 887 g/mol. The van der Waals surface area contributed by atoms with Crippen molar-refractivity contribution in [1.29, 1.82) is 0 Å². The predicted octanol–water partition coefficient (Wildman–Crippen LogP) is 6.27. The first-order valence-corrected chi connectivity index (χ1v) is 21.8. The Morgan fingerprint density at radius 2 is 1.06 bits per heavy atom. The Bertz CT molecular complexity index is 2210. The van der Waals surface area contributed by atoms with Gasteiger partial charge in [0.05, 0.1) is 63.3 Å². The van der Waals surface area contributed by atoms with E-state index < -0.39 is 24.3 Å². The number of methoxy groups -OCH3 is 4. The summed E-state index contributed by atoms with van der Waals surface area (Å²) < 4.78 is 33.2. The van der Waals surface area contributed by atoms with Crippen LogP contribution in [0, 0.1) is 11.8 Å². The summed E-state index contributed by atoms with van der Waals surface area (Å²) in [6.07, 6.45) is 5.24. The van der Waals surface area contributed by atoms with Crippen LogP contribution in [0.2, 0.25) is 0 Å². The summed E-state index contributed by atoms with van der Waals surface area (Å²) in [4.78, 5) is 71.7. The number of aromatic nitrogens is 4. The Morgan fingerprint density at radius 3 is 1.53 bits per heavy atom. The molecule has 4 atom stereocenters. The summed E-state index contributed by atoms with van der Waals surface area (Å²) in [5, 5.41) is 5.40. The highest BCUT2D eigenvalue weighted by atomic mass is 16.6. The summed E-state index contributed by atoms with van der Waals surface area (Å²) in [5.41, 5.74) is 4.72. The molecule has 18 nitrogen and oxygen atoms in total. The first kappa shape index (κ1) is 47.3. The molecule has 0 saturated carbocycles. The van der Waals surface area contributed by atoms with E-state index in [1.54, 1.807) is 36.4 Å². The molecule has 0 aliphatic carbocycles. The second-order valence-electron chi connectivity index (χ2n) is 16.5. The van der Waals surface area contributed by atoms with Crippen LogP contribution in [0.3, 0.4) is 0 Å². The van der Waals surface area contributed by atoms with Crippen LogP contribution < -0.4 is 20.1 Å². The highest BCUT2D eigenvalue weighted by Gasteiger charge is 2.39. The number of likely N-dealkylation sites (tertiary alicyclic amines) is 2. The first-order chi connectivity index (χ1) is 30.9. The average Bonchev–Trinajstić information content (AvgIpc) is 4.14. The minimum Gasteiger partial charge on any atom is -0.487 e. The summed E-state index contributed by atoms with van der Waals surface area (Å²) in [6.45, 7) is 9.80. The van der Waals surface area contributed by atoms with Crippen molar-refractivity contribution in [3.63, 3.8) is 0 Å². The molecule has 2 saturated heterocycles. The zero-order valence-electron chi connectivity index (χ0n) is 38.0. The lowest BCUT2D eigenvalue weighted by Crippen LogP contribution is -2.51. The maximum atomic E-state index is 13.8. The SMILES string of the molecule is COCCOc1c(-c2ccc(-c3cnc(C4CCCN4C(=O)C(NC(=O)OC)C(C)C)[nH]3)cc2)ccc(-c2cnc(C3CCCN3C(=O)C(NC(=O)OC)C(C)C)[nH]2)c1OCCOC. The first-order valence-electron chi connectivity index (χ1n) is 21.8. The fourth-order valence-electron chi connectivity index (χ4n) is 8.25. The van der Waals surface area contributed by atoms with Crippen molar-refractivity contribution in [3.8, 4) is 45.1 Å². The molecular weight excluding hydrogens is 825 g/mol. The number of hydrogen-bond acceptors (Lipinski definition) is 12. The third-order valence-corrected chi connectivity index (χ3v) is 11.7. The number of H-pyrrole nitrogens is 2. The van der Waals surface area contributed by atoms with Crippen molar-refractivity contribution >= 4 is 24.0 Å². The van der Waals surface area contributed by atoms with E-state index in [9.17, 15) is 19.2 Å². The smallest absolute Gasteiger partial charge is 0.407 e. The highest BCUT2D eigenvalue weighted by Crippen LogP contribution is 2.46. The van der Waals surface area contributed by atoms with Gasteiger partial charge in [-0.2, -0.15) is 0 Å². The molecule has 6 rings (SSSR count). The molecular formula is C46H62N8O10. The fraction of sp³-hybridized carbons (Fsp3) is 0.522. The lowest BCUT2D eigenvalue weighted by Gasteiger charge is -2.30. The van der Waals surface area contributed by atoms with Gasteiger partial charge < -0.3 is 58.8 Å². The van der Waals surface area contributed by atoms with E-state index in [1.807, 2.05) is 64.1 Å². The number of amides is 4. The van der Waals surface area contributed by atoms with Gasteiger partial charge in [-0.25, -0.2) is 19.6 Å². The largest absolute Gasteiger partial charge is 0.487 e. The quantitative estimate of drug-likeness (QED) is 0.0768. The fourth-order valence-corrected chi connectivity index (χ4v) is 8.25. The van der Waals surface area contributed by atoms with Crippen molar-refractivity contribution in [2.45, 2.75) is 77.5 Å². The summed E-state index contributed by atoms with van der Waals surface area (Å²) in [6, 6.07) is 9.87. The van der Waals surface area contributed by atoms with Gasteiger partial charge in [-0.15, -0.1) is 0 Å².